The fraction of sp³-hybridized carbons (Fsp3) is 0.500. The van der Waals surface area contributed by atoms with Crippen LogP contribution in [0.25, 0.3) is 0 Å². The third-order valence-corrected chi connectivity index (χ3v) is 2.36. The highest BCUT2D eigenvalue weighted by atomic mass is 16.3. The second kappa shape index (κ2) is 3.75. The summed E-state index contributed by atoms with van der Waals surface area (Å²) in [6, 6.07) is 3.80. The maximum Gasteiger partial charge on any atom is 0.0740 e. The molecule has 3 nitrogen and oxygen atoms in total. The molecule has 0 aliphatic heterocycles. The molecule has 2 N–H and O–H groups in total. The maximum atomic E-state index is 9.57. The Morgan fingerprint density at radius 2 is 2.15 bits per heavy atom. The van der Waals surface area contributed by atoms with E-state index in [1.54, 1.807) is 12.4 Å². The zero-order chi connectivity index (χ0) is 9.10. The van der Waals surface area contributed by atoms with E-state index < -0.39 is 0 Å². The minimum atomic E-state index is -0.187. The van der Waals surface area contributed by atoms with E-state index in [0.29, 0.717) is 12.5 Å². The summed E-state index contributed by atoms with van der Waals surface area (Å²) in [5.74, 6) is 0.536. The van der Waals surface area contributed by atoms with Crippen LogP contribution in [-0.2, 0) is 0 Å². The normalized spacial score (nSPS) is 18.2. The fourth-order valence-electron chi connectivity index (χ4n) is 1.34. The van der Waals surface area contributed by atoms with Gasteiger partial charge in [0.25, 0.3) is 0 Å². The molecule has 3 heteroatoms. The number of aromatic nitrogens is 1. The van der Waals surface area contributed by atoms with Crippen molar-refractivity contribution in [3.8, 4) is 0 Å². The first-order valence-electron chi connectivity index (χ1n) is 4.68. The molecule has 1 heterocycles. The quantitative estimate of drug-likeness (QED) is 0.729. The second-order valence-electron chi connectivity index (χ2n) is 3.52. The van der Waals surface area contributed by atoms with Gasteiger partial charge in [-0.25, -0.2) is 0 Å². The van der Waals surface area contributed by atoms with Crippen molar-refractivity contribution < 1.29 is 5.11 Å². The number of nitrogens with zero attached hydrogens (tertiary/aromatic N) is 1. The minimum absolute atomic E-state index is 0.187. The lowest BCUT2D eigenvalue weighted by Gasteiger charge is -2.10. The summed E-state index contributed by atoms with van der Waals surface area (Å²) < 4.78 is 0. The Morgan fingerprint density at radius 3 is 2.77 bits per heavy atom. The molecule has 0 saturated heterocycles. The summed E-state index contributed by atoms with van der Waals surface area (Å²) in [4.78, 5) is 3.92. The molecule has 1 aromatic heterocycles. The van der Waals surface area contributed by atoms with E-state index in [1.807, 2.05) is 12.1 Å². The van der Waals surface area contributed by atoms with E-state index in [4.69, 9.17) is 0 Å². The van der Waals surface area contributed by atoms with Crippen molar-refractivity contribution in [1.82, 2.24) is 4.98 Å². The van der Waals surface area contributed by atoms with Crippen LogP contribution in [0.2, 0.25) is 0 Å². The summed E-state index contributed by atoms with van der Waals surface area (Å²) in [5.41, 5.74) is 1.02. The molecule has 13 heavy (non-hydrogen) atoms. The molecule has 1 aromatic rings. The standard InChI is InChI=1S/C10H14N2O/c13-10(8-1-2-8)7-12-9-3-5-11-6-4-9/h3-6,8,10,13H,1-2,7H2,(H,11,12). The first-order valence-corrected chi connectivity index (χ1v) is 4.68. The van der Waals surface area contributed by atoms with Crippen LogP contribution in [0, 0.1) is 5.92 Å². The van der Waals surface area contributed by atoms with Crippen LogP contribution in [0.15, 0.2) is 24.5 Å². The number of pyridine rings is 1. The second-order valence-corrected chi connectivity index (χ2v) is 3.52. The Kier molecular flexibility index (Phi) is 2.45. The minimum Gasteiger partial charge on any atom is -0.391 e. The third kappa shape index (κ3) is 2.42. The average molecular weight is 178 g/mol. The van der Waals surface area contributed by atoms with Crippen molar-refractivity contribution >= 4 is 5.69 Å². The van der Waals surface area contributed by atoms with E-state index >= 15 is 0 Å². The van der Waals surface area contributed by atoms with Gasteiger partial charge in [-0.15, -0.1) is 0 Å². The number of rotatable bonds is 4. The molecular weight excluding hydrogens is 164 g/mol. The van der Waals surface area contributed by atoms with Crippen LogP contribution >= 0.6 is 0 Å². The molecular formula is C10H14N2O. The summed E-state index contributed by atoms with van der Waals surface area (Å²) >= 11 is 0. The Balaban J connectivity index is 1.78. The molecule has 1 aliphatic rings. The molecule has 1 unspecified atom stereocenters. The van der Waals surface area contributed by atoms with Crippen LogP contribution in [0.1, 0.15) is 12.8 Å². The van der Waals surface area contributed by atoms with E-state index in [-0.39, 0.29) is 6.10 Å². The van der Waals surface area contributed by atoms with Gasteiger partial charge in [-0.1, -0.05) is 0 Å². The van der Waals surface area contributed by atoms with Gasteiger partial charge in [0, 0.05) is 24.6 Å². The van der Waals surface area contributed by atoms with Crippen molar-refractivity contribution in [3.05, 3.63) is 24.5 Å². The molecule has 2 rings (SSSR count). The van der Waals surface area contributed by atoms with E-state index in [9.17, 15) is 5.11 Å². The molecule has 0 aromatic carbocycles. The van der Waals surface area contributed by atoms with E-state index in [2.05, 4.69) is 10.3 Å². The van der Waals surface area contributed by atoms with Gasteiger partial charge in [-0.3, -0.25) is 4.98 Å². The first-order chi connectivity index (χ1) is 6.36. The zero-order valence-corrected chi connectivity index (χ0v) is 7.48. The van der Waals surface area contributed by atoms with Gasteiger partial charge < -0.3 is 10.4 Å². The molecule has 0 spiro atoms. The van der Waals surface area contributed by atoms with Gasteiger partial charge in [0.15, 0.2) is 0 Å². The van der Waals surface area contributed by atoms with Crippen molar-refractivity contribution in [2.75, 3.05) is 11.9 Å². The van der Waals surface area contributed by atoms with Crippen molar-refractivity contribution in [1.29, 1.82) is 0 Å². The Bertz CT molecular complexity index is 259. The highest BCUT2D eigenvalue weighted by Gasteiger charge is 2.29. The predicted molar refractivity (Wildman–Crippen MR) is 51.5 cm³/mol. The molecule has 1 saturated carbocycles. The summed E-state index contributed by atoms with van der Waals surface area (Å²) in [6.07, 6.45) is 5.66. The maximum absolute atomic E-state index is 9.57. The molecule has 0 radical (unpaired) electrons. The lowest BCUT2D eigenvalue weighted by molar-refractivity contribution is 0.164. The summed E-state index contributed by atoms with van der Waals surface area (Å²) in [6.45, 7) is 0.648. The van der Waals surface area contributed by atoms with Gasteiger partial charge in [0.2, 0.25) is 0 Å². The number of nitrogens with one attached hydrogen (secondary N) is 1. The smallest absolute Gasteiger partial charge is 0.0740 e. The Hall–Kier alpha value is -1.09. The largest absolute Gasteiger partial charge is 0.391 e. The van der Waals surface area contributed by atoms with Crippen LogP contribution in [0.4, 0.5) is 5.69 Å². The predicted octanol–water partition coefficient (Wildman–Crippen LogP) is 1.26. The average Bonchev–Trinajstić information content (AvgIpc) is 2.99. The lowest BCUT2D eigenvalue weighted by Crippen LogP contribution is -2.21. The van der Waals surface area contributed by atoms with Crippen LogP contribution in [0.5, 0.6) is 0 Å². The fourth-order valence-corrected chi connectivity index (χ4v) is 1.34. The Labute approximate surface area is 77.8 Å². The summed E-state index contributed by atoms with van der Waals surface area (Å²) in [7, 11) is 0. The van der Waals surface area contributed by atoms with Crippen molar-refractivity contribution in [3.63, 3.8) is 0 Å². The number of hydrogen-bond acceptors (Lipinski definition) is 3. The zero-order valence-electron chi connectivity index (χ0n) is 7.48. The number of aliphatic hydroxyl groups is 1. The number of anilines is 1. The molecule has 1 aliphatic carbocycles. The molecule has 70 valence electrons. The van der Waals surface area contributed by atoms with Crippen molar-refractivity contribution in [2.45, 2.75) is 18.9 Å². The Morgan fingerprint density at radius 1 is 1.46 bits per heavy atom. The highest BCUT2D eigenvalue weighted by Crippen LogP contribution is 2.32. The van der Waals surface area contributed by atoms with Gasteiger partial charge in [0.05, 0.1) is 6.10 Å². The highest BCUT2D eigenvalue weighted by molar-refractivity contribution is 5.40. The molecule has 0 amide bonds. The van der Waals surface area contributed by atoms with E-state index in [1.165, 1.54) is 12.8 Å². The SMILES string of the molecule is OC(CNc1ccncc1)C1CC1. The van der Waals surface area contributed by atoms with Gasteiger partial charge >= 0.3 is 0 Å². The topological polar surface area (TPSA) is 45.1 Å². The van der Waals surface area contributed by atoms with Gasteiger partial charge in [0.1, 0.15) is 0 Å². The van der Waals surface area contributed by atoms with Gasteiger partial charge in [-0.05, 0) is 30.9 Å². The van der Waals surface area contributed by atoms with Gasteiger partial charge in [-0.2, -0.15) is 0 Å². The third-order valence-electron chi connectivity index (χ3n) is 2.36. The van der Waals surface area contributed by atoms with Crippen molar-refractivity contribution in [2.24, 2.45) is 5.92 Å². The number of hydrogen-bond donors (Lipinski definition) is 2. The molecule has 1 fully saturated rings. The number of aliphatic hydroxyl groups excluding tert-OH is 1. The van der Waals surface area contributed by atoms with Crippen LogP contribution < -0.4 is 5.32 Å². The summed E-state index contributed by atoms with van der Waals surface area (Å²) in [5, 5.41) is 12.7. The van der Waals surface area contributed by atoms with Crippen LogP contribution in [0.3, 0.4) is 0 Å². The first kappa shape index (κ1) is 8.51. The molecule has 0 bridgehead atoms. The van der Waals surface area contributed by atoms with Crippen LogP contribution in [-0.4, -0.2) is 22.7 Å². The van der Waals surface area contributed by atoms with E-state index in [0.717, 1.165) is 5.69 Å². The monoisotopic (exact) mass is 178 g/mol. The molecule has 1 atom stereocenters. The lowest BCUT2D eigenvalue weighted by atomic mass is 10.2.